The number of benzene rings is 1. The van der Waals surface area contributed by atoms with E-state index < -0.39 is 23.2 Å². The van der Waals surface area contributed by atoms with Crippen molar-refractivity contribution in [1.82, 2.24) is 19.6 Å². The summed E-state index contributed by atoms with van der Waals surface area (Å²) < 4.78 is 28.2. The summed E-state index contributed by atoms with van der Waals surface area (Å²) in [5.41, 5.74) is 7.14. The molecular formula is C22H24FN5O4. The minimum Gasteiger partial charge on any atom is -0.491 e. The molecule has 0 saturated heterocycles. The molecule has 0 saturated carbocycles. The van der Waals surface area contributed by atoms with Crippen LogP contribution in [-0.2, 0) is 4.79 Å². The minimum absolute atomic E-state index is 0.0362. The van der Waals surface area contributed by atoms with Crippen LogP contribution in [0.5, 0.6) is 17.4 Å². The number of fused-ring (bicyclic) bond motifs is 2. The highest BCUT2D eigenvalue weighted by Gasteiger charge is 2.35. The van der Waals surface area contributed by atoms with Gasteiger partial charge in [0.15, 0.2) is 11.6 Å². The summed E-state index contributed by atoms with van der Waals surface area (Å²) in [6.07, 6.45) is 2.93. The fourth-order valence-corrected chi connectivity index (χ4v) is 3.40. The van der Waals surface area contributed by atoms with Crippen LogP contribution in [0.3, 0.4) is 0 Å². The summed E-state index contributed by atoms with van der Waals surface area (Å²) in [5.74, 6) is -1.38. The van der Waals surface area contributed by atoms with Crippen molar-refractivity contribution in [2.24, 2.45) is 11.7 Å². The number of aryl methyl sites for hydroxylation is 2. The number of carbonyl (C=O) groups is 1. The van der Waals surface area contributed by atoms with E-state index in [0.717, 1.165) is 5.69 Å². The monoisotopic (exact) mass is 441 g/mol. The zero-order valence-corrected chi connectivity index (χ0v) is 18.1. The lowest BCUT2D eigenvalue weighted by molar-refractivity contribution is -0.145. The van der Waals surface area contributed by atoms with E-state index in [9.17, 15) is 14.3 Å². The van der Waals surface area contributed by atoms with Crippen LogP contribution in [0.25, 0.3) is 16.4 Å². The van der Waals surface area contributed by atoms with Gasteiger partial charge in [0.25, 0.3) is 0 Å². The van der Waals surface area contributed by atoms with Crippen molar-refractivity contribution in [2.45, 2.75) is 33.2 Å². The second-order valence-corrected chi connectivity index (χ2v) is 8.17. The van der Waals surface area contributed by atoms with Gasteiger partial charge in [0, 0.05) is 28.1 Å². The third-order valence-electron chi connectivity index (χ3n) is 5.76. The molecule has 1 aromatic carbocycles. The van der Waals surface area contributed by atoms with E-state index in [1.807, 2.05) is 6.92 Å². The lowest BCUT2D eigenvalue weighted by atomic mass is 9.89. The zero-order valence-electron chi connectivity index (χ0n) is 18.1. The number of H-pyrrole nitrogens is 1. The van der Waals surface area contributed by atoms with Gasteiger partial charge in [0.1, 0.15) is 23.1 Å². The fraction of sp³-hybridized carbons (Fsp3) is 0.318. The first kappa shape index (κ1) is 21.6. The van der Waals surface area contributed by atoms with Crippen molar-refractivity contribution in [2.75, 3.05) is 6.61 Å². The lowest BCUT2D eigenvalue weighted by Crippen LogP contribution is -2.52. The summed E-state index contributed by atoms with van der Waals surface area (Å²) in [4.78, 5) is 18.6. The maximum Gasteiger partial charge on any atom is 0.323 e. The molecular weight excluding hydrogens is 417 g/mol. The molecule has 2 unspecified atom stereocenters. The number of halogens is 1. The molecule has 0 fully saturated rings. The molecule has 10 heteroatoms. The first-order chi connectivity index (χ1) is 15.1. The summed E-state index contributed by atoms with van der Waals surface area (Å²) in [7, 11) is 0. The molecule has 32 heavy (non-hydrogen) atoms. The van der Waals surface area contributed by atoms with E-state index in [0.29, 0.717) is 27.7 Å². The average Bonchev–Trinajstić information content (AvgIpc) is 3.28. The zero-order chi connectivity index (χ0) is 23.2. The third-order valence-corrected chi connectivity index (χ3v) is 5.76. The number of aliphatic carboxylic acids is 1. The van der Waals surface area contributed by atoms with Gasteiger partial charge in [-0.3, -0.25) is 4.79 Å². The molecule has 0 radical (unpaired) electrons. The second-order valence-electron chi connectivity index (χ2n) is 8.17. The molecule has 9 nitrogen and oxygen atoms in total. The molecule has 0 aliphatic rings. The molecule has 0 spiro atoms. The number of nitrogens with one attached hydrogen (secondary N) is 1. The van der Waals surface area contributed by atoms with Crippen molar-refractivity contribution in [3.8, 4) is 17.4 Å². The maximum atomic E-state index is 15.0. The van der Waals surface area contributed by atoms with Crippen LogP contribution >= 0.6 is 0 Å². The Morgan fingerprint density at radius 1 is 1.38 bits per heavy atom. The van der Waals surface area contributed by atoms with Crippen molar-refractivity contribution in [1.29, 1.82) is 0 Å². The van der Waals surface area contributed by atoms with Crippen LogP contribution in [0.1, 0.15) is 25.1 Å². The highest BCUT2D eigenvalue weighted by molar-refractivity contribution is 5.83. The summed E-state index contributed by atoms with van der Waals surface area (Å²) in [6, 6.07) is 4.99. The number of nitrogens with two attached hydrogens (primary N) is 1. The smallest absolute Gasteiger partial charge is 0.323 e. The van der Waals surface area contributed by atoms with Crippen molar-refractivity contribution < 1.29 is 23.8 Å². The van der Waals surface area contributed by atoms with Gasteiger partial charge in [-0.05, 0) is 39.0 Å². The first-order valence-corrected chi connectivity index (χ1v) is 10.0. The lowest BCUT2D eigenvalue weighted by Gasteiger charge is -2.26. The molecule has 0 aliphatic heterocycles. The van der Waals surface area contributed by atoms with Gasteiger partial charge in [0.2, 0.25) is 5.88 Å². The number of ether oxygens (including phenoxy) is 2. The number of hydrogen-bond donors (Lipinski definition) is 3. The number of nitrogens with zero attached hydrogens (tertiary/aromatic N) is 3. The van der Waals surface area contributed by atoms with E-state index in [1.165, 1.54) is 23.8 Å². The first-order valence-electron chi connectivity index (χ1n) is 10.0. The summed E-state index contributed by atoms with van der Waals surface area (Å²) >= 11 is 0. The quantitative estimate of drug-likeness (QED) is 0.400. The molecule has 2 atom stereocenters. The Labute approximate surface area is 183 Å². The number of carboxylic acids is 1. The number of carboxylic acid groups (broad SMARTS) is 1. The molecule has 3 heterocycles. The highest BCUT2D eigenvalue weighted by Crippen LogP contribution is 2.35. The normalized spacial score (nSPS) is 14.4. The van der Waals surface area contributed by atoms with Gasteiger partial charge < -0.3 is 25.3 Å². The Balaban J connectivity index is 1.64. The molecule has 168 valence electrons. The Kier molecular flexibility index (Phi) is 5.25. The molecule has 4 aromatic rings. The third kappa shape index (κ3) is 3.62. The van der Waals surface area contributed by atoms with Gasteiger partial charge in [-0.25, -0.2) is 8.91 Å². The van der Waals surface area contributed by atoms with Gasteiger partial charge in [-0.1, -0.05) is 6.92 Å². The molecule has 0 aliphatic carbocycles. The van der Waals surface area contributed by atoms with Crippen LogP contribution in [0.4, 0.5) is 4.39 Å². The standard InChI is InChI=1S/C22H24FN5O4/c1-11(22(4,24)21(29)30)9-31-17-8-28-19(13(17)3)20(25-10-26-28)32-16-6-5-15-14(18(16)23)7-12(2)27-15/h5-8,10-11,27H,9,24H2,1-4H3,(H,29,30). The highest BCUT2D eigenvalue weighted by atomic mass is 19.1. The van der Waals surface area contributed by atoms with Crippen LogP contribution in [0.15, 0.2) is 30.7 Å². The maximum absolute atomic E-state index is 15.0. The van der Waals surface area contributed by atoms with Crippen molar-refractivity contribution in [3.05, 3.63) is 47.8 Å². The van der Waals surface area contributed by atoms with Gasteiger partial charge in [-0.15, -0.1) is 0 Å². The van der Waals surface area contributed by atoms with Crippen LogP contribution < -0.4 is 15.2 Å². The topological polar surface area (TPSA) is 128 Å². The predicted octanol–water partition coefficient (Wildman–Crippen LogP) is 3.58. The molecule has 0 amide bonds. The average molecular weight is 441 g/mol. The second kappa shape index (κ2) is 7.79. The Hall–Kier alpha value is -3.66. The van der Waals surface area contributed by atoms with Crippen molar-refractivity contribution in [3.63, 3.8) is 0 Å². The van der Waals surface area contributed by atoms with Crippen LogP contribution in [-0.4, -0.2) is 42.8 Å². The number of aromatic amines is 1. The van der Waals surface area contributed by atoms with Gasteiger partial charge >= 0.3 is 5.97 Å². The number of rotatable bonds is 7. The molecule has 0 bridgehead atoms. The van der Waals surface area contributed by atoms with Crippen LogP contribution in [0.2, 0.25) is 0 Å². The SMILES string of the molecule is Cc1cc2c(F)c(Oc3ncnn4cc(OCC(C)C(C)(N)C(=O)O)c(C)c34)ccc2[nH]1. The van der Waals surface area contributed by atoms with E-state index in [1.54, 1.807) is 32.2 Å². The Morgan fingerprint density at radius 2 is 2.12 bits per heavy atom. The fourth-order valence-electron chi connectivity index (χ4n) is 3.40. The summed E-state index contributed by atoms with van der Waals surface area (Å²) in [5, 5.41) is 13.9. The molecule has 4 rings (SSSR count). The van der Waals surface area contributed by atoms with E-state index in [4.69, 9.17) is 15.2 Å². The summed E-state index contributed by atoms with van der Waals surface area (Å²) in [6.45, 7) is 6.87. The van der Waals surface area contributed by atoms with Crippen molar-refractivity contribution >= 4 is 22.4 Å². The van der Waals surface area contributed by atoms with E-state index in [-0.39, 0.29) is 18.2 Å². The minimum atomic E-state index is -1.44. The Bertz CT molecular complexity index is 1330. The predicted molar refractivity (Wildman–Crippen MR) is 116 cm³/mol. The van der Waals surface area contributed by atoms with Gasteiger partial charge in [-0.2, -0.15) is 10.1 Å². The number of hydrogen-bond acceptors (Lipinski definition) is 6. The van der Waals surface area contributed by atoms with Gasteiger partial charge in [0.05, 0.1) is 12.8 Å². The van der Waals surface area contributed by atoms with E-state index in [2.05, 4.69) is 15.1 Å². The Morgan fingerprint density at radius 3 is 2.84 bits per heavy atom. The van der Waals surface area contributed by atoms with E-state index >= 15 is 0 Å². The molecule has 3 aromatic heterocycles. The van der Waals surface area contributed by atoms with Crippen LogP contribution in [0, 0.1) is 25.6 Å². The number of aromatic nitrogens is 4. The molecule has 4 N–H and O–H groups in total. The largest absolute Gasteiger partial charge is 0.491 e.